The van der Waals surface area contributed by atoms with Crippen molar-refractivity contribution in [2.45, 2.75) is 44.6 Å². The number of rotatable bonds is 6. The van der Waals surface area contributed by atoms with Gasteiger partial charge in [0.15, 0.2) is 6.61 Å². The first-order valence-corrected chi connectivity index (χ1v) is 10.6. The molecule has 0 spiro atoms. The number of nitrogens with zero attached hydrogens (tertiary/aromatic N) is 1. The Labute approximate surface area is 175 Å². The van der Waals surface area contributed by atoms with E-state index in [4.69, 9.17) is 4.74 Å². The zero-order valence-corrected chi connectivity index (χ0v) is 16.8. The summed E-state index contributed by atoms with van der Waals surface area (Å²) in [5.74, 6) is -1.98. The van der Waals surface area contributed by atoms with Gasteiger partial charge in [0, 0.05) is 6.54 Å². The van der Waals surface area contributed by atoms with E-state index in [0.717, 1.165) is 24.8 Å². The Morgan fingerprint density at radius 2 is 1.77 bits per heavy atom. The number of fused-ring (bicyclic) bond motifs is 2. The summed E-state index contributed by atoms with van der Waals surface area (Å²) in [4.78, 5) is 50.3. The molecule has 0 aromatic heterocycles. The van der Waals surface area contributed by atoms with Crippen molar-refractivity contribution in [3.05, 3.63) is 47.5 Å². The summed E-state index contributed by atoms with van der Waals surface area (Å²) < 4.78 is 5.07. The molecule has 0 saturated carbocycles. The van der Waals surface area contributed by atoms with E-state index in [-0.39, 0.29) is 55.2 Å². The molecule has 3 amide bonds. The molecule has 30 heavy (non-hydrogen) atoms. The molecule has 0 bridgehead atoms. The van der Waals surface area contributed by atoms with Gasteiger partial charge in [0.2, 0.25) is 11.8 Å². The number of carbonyl (C=O) groups excluding carboxylic acids is 4. The molecule has 3 atom stereocenters. The van der Waals surface area contributed by atoms with Crippen LogP contribution in [0.25, 0.3) is 0 Å². The third kappa shape index (κ3) is 4.15. The van der Waals surface area contributed by atoms with Gasteiger partial charge < -0.3 is 10.1 Å². The number of likely N-dealkylation sites (tertiary alicyclic amines) is 1. The van der Waals surface area contributed by atoms with Crippen LogP contribution < -0.4 is 5.32 Å². The summed E-state index contributed by atoms with van der Waals surface area (Å²) in [7, 11) is 0. The van der Waals surface area contributed by atoms with Crippen LogP contribution in [-0.2, 0) is 30.3 Å². The van der Waals surface area contributed by atoms with Crippen LogP contribution in [0, 0.1) is 11.8 Å². The van der Waals surface area contributed by atoms with Gasteiger partial charge in [0.1, 0.15) is 0 Å². The number of ether oxygens (including phenoxy) is 1. The second kappa shape index (κ2) is 8.81. The Morgan fingerprint density at radius 1 is 1.07 bits per heavy atom. The minimum Gasteiger partial charge on any atom is -0.456 e. The molecule has 1 heterocycles. The molecule has 158 valence electrons. The van der Waals surface area contributed by atoms with Gasteiger partial charge in [-0.3, -0.25) is 24.1 Å². The van der Waals surface area contributed by atoms with Gasteiger partial charge in [-0.1, -0.05) is 36.4 Å². The lowest BCUT2D eigenvalue weighted by atomic mass is 9.85. The summed E-state index contributed by atoms with van der Waals surface area (Å²) in [5, 5.41) is 2.93. The molecule has 2 aliphatic carbocycles. The first kappa shape index (κ1) is 20.3. The van der Waals surface area contributed by atoms with Crippen LogP contribution in [0.1, 0.15) is 49.3 Å². The summed E-state index contributed by atoms with van der Waals surface area (Å²) >= 11 is 0. The summed E-state index contributed by atoms with van der Waals surface area (Å²) in [6, 6.07) is 7.96. The van der Waals surface area contributed by atoms with Crippen LogP contribution in [0.3, 0.4) is 0 Å². The van der Waals surface area contributed by atoms with Crippen LogP contribution in [0.2, 0.25) is 0 Å². The van der Waals surface area contributed by atoms with Gasteiger partial charge in [-0.2, -0.15) is 0 Å². The Hall–Kier alpha value is -2.96. The van der Waals surface area contributed by atoms with E-state index in [1.165, 1.54) is 10.5 Å². The van der Waals surface area contributed by atoms with Crippen LogP contribution in [0.15, 0.2) is 36.4 Å². The average Bonchev–Trinajstić information content (AvgIpc) is 3.01. The summed E-state index contributed by atoms with van der Waals surface area (Å²) in [5.41, 5.74) is 2.35. The average molecular weight is 410 g/mol. The summed E-state index contributed by atoms with van der Waals surface area (Å²) in [6.07, 6.45) is 7.74. The van der Waals surface area contributed by atoms with Crippen LogP contribution in [-0.4, -0.2) is 41.7 Å². The zero-order valence-electron chi connectivity index (χ0n) is 16.8. The topological polar surface area (TPSA) is 92.8 Å². The van der Waals surface area contributed by atoms with Gasteiger partial charge in [-0.25, -0.2) is 0 Å². The van der Waals surface area contributed by atoms with Gasteiger partial charge in [0.25, 0.3) is 5.91 Å². The minimum atomic E-state index is -0.595. The maximum Gasteiger partial charge on any atom is 0.308 e. The molecule has 1 aliphatic heterocycles. The smallest absolute Gasteiger partial charge is 0.308 e. The zero-order chi connectivity index (χ0) is 21.1. The molecule has 0 unspecified atom stereocenters. The Kier molecular flexibility index (Phi) is 5.97. The SMILES string of the molecule is O=C(COC(=O)CCN1C(=O)[C@H]2CC=CC[C@@H]2C1=O)N[C@@H]1CCCc2ccccc21. The highest BCUT2D eigenvalue weighted by Crippen LogP contribution is 2.35. The van der Waals surface area contributed by atoms with Gasteiger partial charge in [0.05, 0.1) is 24.3 Å². The number of imide groups is 1. The first-order chi connectivity index (χ1) is 14.5. The largest absolute Gasteiger partial charge is 0.456 e. The van der Waals surface area contributed by atoms with E-state index in [2.05, 4.69) is 11.4 Å². The van der Waals surface area contributed by atoms with Gasteiger partial charge >= 0.3 is 5.97 Å². The second-order valence-corrected chi connectivity index (χ2v) is 8.11. The third-order valence-corrected chi connectivity index (χ3v) is 6.21. The van der Waals surface area contributed by atoms with E-state index in [9.17, 15) is 19.2 Å². The number of benzene rings is 1. The van der Waals surface area contributed by atoms with Gasteiger partial charge in [-0.05, 0) is 43.2 Å². The maximum absolute atomic E-state index is 12.4. The Morgan fingerprint density at radius 3 is 2.50 bits per heavy atom. The highest BCUT2D eigenvalue weighted by atomic mass is 16.5. The number of allylic oxidation sites excluding steroid dienone is 2. The molecule has 1 saturated heterocycles. The molecule has 7 nitrogen and oxygen atoms in total. The number of hydrogen-bond acceptors (Lipinski definition) is 5. The molecule has 1 aromatic rings. The molecule has 1 N–H and O–H groups in total. The molecular weight excluding hydrogens is 384 g/mol. The van der Waals surface area contributed by atoms with Crippen LogP contribution in [0.4, 0.5) is 0 Å². The van der Waals surface area contributed by atoms with E-state index in [0.29, 0.717) is 12.8 Å². The summed E-state index contributed by atoms with van der Waals surface area (Å²) in [6.45, 7) is -0.365. The predicted octanol–water partition coefficient (Wildman–Crippen LogP) is 2.06. The highest BCUT2D eigenvalue weighted by Gasteiger charge is 2.46. The van der Waals surface area contributed by atoms with E-state index >= 15 is 0 Å². The van der Waals surface area contributed by atoms with Crippen molar-refractivity contribution in [3.8, 4) is 0 Å². The molecule has 0 radical (unpaired) electrons. The normalized spacial score (nSPS) is 24.9. The lowest BCUT2D eigenvalue weighted by Crippen LogP contribution is -2.35. The fraction of sp³-hybridized carbons (Fsp3) is 0.478. The van der Waals surface area contributed by atoms with Gasteiger partial charge in [-0.15, -0.1) is 0 Å². The molecular formula is C23H26N2O5. The van der Waals surface area contributed by atoms with E-state index in [1.54, 1.807) is 0 Å². The van der Waals surface area contributed by atoms with Crippen molar-refractivity contribution in [2.75, 3.05) is 13.2 Å². The van der Waals surface area contributed by atoms with Crippen LogP contribution >= 0.6 is 0 Å². The quantitative estimate of drug-likeness (QED) is 0.440. The molecule has 1 aromatic carbocycles. The second-order valence-electron chi connectivity index (χ2n) is 8.11. The number of aryl methyl sites for hydroxylation is 1. The van der Waals surface area contributed by atoms with Crippen molar-refractivity contribution in [1.82, 2.24) is 10.2 Å². The highest BCUT2D eigenvalue weighted by molar-refractivity contribution is 6.05. The number of esters is 1. The lowest BCUT2D eigenvalue weighted by molar-refractivity contribution is -0.150. The van der Waals surface area contributed by atoms with Crippen molar-refractivity contribution in [2.24, 2.45) is 11.8 Å². The fourth-order valence-electron chi connectivity index (χ4n) is 4.65. The number of hydrogen-bond donors (Lipinski definition) is 1. The van der Waals surface area contributed by atoms with Crippen molar-refractivity contribution < 1.29 is 23.9 Å². The standard InChI is InChI=1S/C23H26N2O5/c26-20(24-19-11-5-7-15-6-1-2-8-16(15)19)14-30-21(27)12-13-25-22(28)17-9-3-4-10-18(17)23(25)29/h1-4,6,8,17-19H,5,7,9-14H2,(H,24,26)/t17-,18-,19+/m0/s1. The number of nitrogens with one attached hydrogen (secondary N) is 1. The third-order valence-electron chi connectivity index (χ3n) is 6.21. The molecule has 7 heteroatoms. The first-order valence-electron chi connectivity index (χ1n) is 10.6. The molecule has 3 aliphatic rings. The number of amides is 3. The van der Waals surface area contributed by atoms with Crippen molar-refractivity contribution >= 4 is 23.7 Å². The minimum absolute atomic E-state index is 0.00111. The monoisotopic (exact) mass is 410 g/mol. The predicted molar refractivity (Wildman–Crippen MR) is 108 cm³/mol. The van der Waals surface area contributed by atoms with E-state index in [1.807, 2.05) is 30.4 Å². The lowest BCUT2D eigenvalue weighted by Gasteiger charge is -2.26. The maximum atomic E-state index is 12.4. The number of carbonyl (C=O) groups is 4. The van der Waals surface area contributed by atoms with Crippen molar-refractivity contribution in [3.63, 3.8) is 0 Å². The van der Waals surface area contributed by atoms with Crippen molar-refractivity contribution in [1.29, 1.82) is 0 Å². The molecule has 1 fully saturated rings. The Bertz CT molecular complexity index is 867. The molecule has 4 rings (SSSR count). The van der Waals surface area contributed by atoms with E-state index < -0.39 is 5.97 Å². The Balaban J connectivity index is 1.22. The van der Waals surface area contributed by atoms with Crippen LogP contribution in [0.5, 0.6) is 0 Å². The fourth-order valence-corrected chi connectivity index (χ4v) is 4.65.